The Hall–Kier alpha value is -3.95. The number of carbonyl (C=O) groups excluding carboxylic acids is 1. The first-order chi connectivity index (χ1) is 14.5. The first kappa shape index (κ1) is 19.4. The van der Waals surface area contributed by atoms with Crippen LogP contribution in [-0.4, -0.2) is 16.1 Å². The first-order valence-corrected chi connectivity index (χ1v) is 9.43. The highest BCUT2D eigenvalue weighted by atomic mass is 35.5. The van der Waals surface area contributed by atoms with Crippen LogP contribution in [0.25, 0.3) is 22.9 Å². The largest absolute Gasteiger partial charge is 0.416 e. The van der Waals surface area contributed by atoms with Crippen molar-refractivity contribution >= 4 is 23.2 Å². The van der Waals surface area contributed by atoms with Gasteiger partial charge in [0.2, 0.25) is 11.8 Å². The Kier molecular flexibility index (Phi) is 5.29. The lowest BCUT2D eigenvalue weighted by atomic mass is 10.1. The molecule has 0 unspecified atom stereocenters. The molecule has 0 bridgehead atoms. The van der Waals surface area contributed by atoms with Crippen LogP contribution in [0.1, 0.15) is 21.5 Å². The van der Waals surface area contributed by atoms with Crippen molar-refractivity contribution in [2.24, 2.45) is 0 Å². The van der Waals surface area contributed by atoms with Gasteiger partial charge in [-0.05, 0) is 61.5 Å². The van der Waals surface area contributed by atoms with Gasteiger partial charge in [0.05, 0.1) is 10.6 Å². The Bertz CT molecular complexity index is 1260. The molecule has 1 amide bonds. The zero-order valence-electron chi connectivity index (χ0n) is 15.9. The number of nitrogens with zero attached hydrogens (tertiary/aromatic N) is 3. The number of nitriles is 1. The molecule has 7 heteroatoms. The molecule has 30 heavy (non-hydrogen) atoms. The van der Waals surface area contributed by atoms with E-state index in [2.05, 4.69) is 15.5 Å². The molecule has 0 saturated heterocycles. The lowest BCUT2D eigenvalue weighted by Crippen LogP contribution is -2.11. The summed E-state index contributed by atoms with van der Waals surface area (Å²) in [7, 11) is 0. The van der Waals surface area contributed by atoms with E-state index in [1.54, 1.807) is 36.4 Å². The minimum Gasteiger partial charge on any atom is -0.416 e. The van der Waals surface area contributed by atoms with E-state index in [1.807, 2.05) is 37.3 Å². The molecular weight excluding hydrogens is 400 g/mol. The van der Waals surface area contributed by atoms with Gasteiger partial charge in [-0.25, -0.2) is 0 Å². The van der Waals surface area contributed by atoms with E-state index in [1.165, 1.54) is 6.07 Å². The van der Waals surface area contributed by atoms with E-state index < -0.39 is 0 Å². The number of benzene rings is 3. The normalized spacial score (nSPS) is 10.4. The fourth-order valence-corrected chi connectivity index (χ4v) is 3.03. The van der Waals surface area contributed by atoms with Crippen LogP contribution >= 0.6 is 11.6 Å². The minimum atomic E-state index is -0.298. The highest BCUT2D eigenvalue weighted by molar-refractivity contribution is 6.32. The third-order valence-corrected chi connectivity index (χ3v) is 4.78. The van der Waals surface area contributed by atoms with E-state index in [0.717, 1.165) is 11.1 Å². The molecule has 1 heterocycles. The van der Waals surface area contributed by atoms with Crippen molar-refractivity contribution in [3.63, 3.8) is 0 Å². The highest BCUT2D eigenvalue weighted by Gasteiger charge is 2.12. The summed E-state index contributed by atoms with van der Waals surface area (Å²) in [6, 6.07) is 21.3. The van der Waals surface area contributed by atoms with Crippen molar-refractivity contribution in [1.29, 1.82) is 5.26 Å². The zero-order chi connectivity index (χ0) is 21.1. The summed E-state index contributed by atoms with van der Waals surface area (Å²) < 4.78 is 5.76. The summed E-state index contributed by atoms with van der Waals surface area (Å²) in [6.45, 7) is 2.01. The molecule has 1 N–H and O–H groups in total. The van der Waals surface area contributed by atoms with E-state index in [-0.39, 0.29) is 10.9 Å². The number of hydrogen-bond acceptors (Lipinski definition) is 5. The molecular formula is C23H15ClN4O2. The monoisotopic (exact) mass is 414 g/mol. The van der Waals surface area contributed by atoms with Crippen molar-refractivity contribution < 1.29 is 9.21 Å². The molecule has 0 aliphatic heterocycles. The third-order valence-electron chi connectivity index (χ3n) is 4.46. The molecule has 0 fully saturated rings. The molecule has 4 rings (SSSR count). The predicted octanol–water partition coefficient (Wildman–Crippen LogP) is 5.49. The second-order valence-electron chi connectivity index (χ2n) is 6.62. The van der Waals surface area contributed by atoms with Crippen LogP contribution in [0, 0.1) is 18.3 Å². The second kappa shape index (κ2) is 8.19. The highest BCUT2D eigenvalue weighted by Crippen LogP contribution is 2.25. The molecule has 0 spiro atoms. The maximum atomic E-state index is 12.5. The summed E-state index contributed by atoms with van der Waals surface area (Å²) in [5, 5.41) is 20.2. The summed E-state index contributed by atoms with van der Waals surface area (Å²) in [6.07, 6.45) is 0. The number of hydrogen-bond donors (Lipinski definition) is 1. The van der Waals surface area contributed by atoms with Gasteiger partial charge in [0.25, 0.3) is 5.91 Å². The van der Waals surface area contributed by atoms with Gasteiger partial charge in [0.15, 0.2) is 0 Å². The van der Waals surface area contributed by atoms with Crippen LogP contribution in [0.5, 0.6) is 0 Å². The molecule has 6 nitrogen and oxygen atoms in total. The maximum absolute atomic E-state index is 12.5. The van der Waals surface area contributed by atoms with Crippen LogP contribution in [-0.2, 0) is 0 Å². The zero-order valence-corrected chi connectivity index (χ0v) is 16.6. The van der Waals surface area contributed by atoms with Gasteiger partial charge in [-0.1, -0.05) is 29.3 Å². The van der Waals surface area contributed by atoms with E-state index in [9.17, 15) is 4.79 Å². The Balaban J connectivity index is 1.49. The SMILES string of the molecule is Cc1ccc(-c2nnc(-c3ccc(C(=O)Nc4ccc(C#N)c(Cl)c4)cc3)o2)cc1. The summed E-state index contributed by atoms with van der Waals surface area (Å²) in [5.41, 5.74) is 4.01. The Morgan fingerprint density at radius 2 is 1.57 bits per heavy atom. The Morgan fingerprint density at radius 3 is 2.13 bits per heavy atom. The van der Waals surface area contributed by atoms with Gasteiger partial charge in [-0.2, -0.15) is 5.26 Å². The number of amides is 1. The molecule has 3 aromatic carbocycles. The average molecular weight is 415 g/mol. The van der Waals surface area contributed by atoms with Crippen molar-refractivity contribution in [2.45, 2.75) is 6.92 Å². The number of carbonyl (C=O) groups is 1. The van der Waals surface area contributed by atoms with E-state index in [0.29, 0.717) is 34.2 Å². The van der Waals surface area contributed by atoms with Crippen LogP contribution < -0.4 is 5.32 Å². The molecule has 4 aromatic rings. The van der Waals surface area contributed by atoms with Crippen LogP contribution in [0.2, 0.25) is 5.02 Å². The van der Waals surface area contributed by atoms with E-state index in [4.69, 9.17) is 21.3 Å². The molecule has 0 radical (unpaired) electrons. The van der Waals surface area contributed by atoms with Crippen molar-refractivity contribution in [3.05, 3.63) is 88.4 Å². The van der Waals surface area contributed by atoms with Crippen molar-refractivity contribution in [1.82, 2.24) is 10.2 Å². The number of nitrogens with one attached hydrogen (secondary N) is 1. The topological polar surface area (TPSA) is 91.8 Å². The lowest BCUT2D eigenvalue weighted by Gasteiger charge is -2.06. The van der Waals surface area contributed by atoms with Crippen LogP contribution in [0.15, 0.2) is 71.1 Å². The smallest absolute Gasteiger partial charge is 0.255 e. The predicted molar refractivity (Wildman–Crippen MR) is 114 cm³/mol. The third kappa shape index (κ3) is 4.07. The fraction of sp³-hybridized carbons (Fsp3) is 0.0435. The Morgan fingerprint density at radius 1 is 0.967 bits per heavy atom. The number of halogens is 1. The summed E-state index contributed by atoms with van der Waals surface area (Å²) in [5.74, 6) is 0.508. The van der Waals surface area contributed by atoms with E-state index >= 15 is 0 Å². The van der Waals surface area contributed by atoms with Gasteiger partial charge >= 0.3 is 0 Å². The molecule has 0 saturated carbocycles. The first-order valence-electron chi connectivity index (χ1n) is 9.05. The lowest BCUT2D eigenvalue weighted by molar-refractivity contribution is 0.102. The van der Waals surface area contributed by atoms with Crippen LogP contribution in [0.4, 0.5) is 5.69 Å². The molecule has 0 atom stereocenters. The number of rotatable bonds is 4. The van der Waals surface area contributed by atoms with Gasteiger partial charge in [-0.3, -0.25) is 4.79 Å². The van der Waals surface area contributed by atoms with Gasteiger partial charge < -0.3 is 9.73 Å². The average Bonchev–Trinajstić information content (AvgIpc) is 3.25. The number of anilines is 1. The minimum absolute atomic E-state index is 0.284. The number of aromatic nitrogens is 2. The van der Waals surface area contributed by atoms with Gasteiger partial charge in [0, 0.05) is 22.4 Å². The van der Waals surface area contributed by atoms with Crippen molar-refractivity contribution in [3.8, 4) is 29.0 Å². The number of aryl methyl sites for hydroxylation is 1. The molecule has 146 valence electrons. The molecule has 0 aliphatic carbocycles. The second-order valence-corrected chi connectivity index (χ2v) is 7.02. The van der Waals surface area contributed by atoms with Crippen molar-refractivity contribution in [2.75, 3.05) is 5.32 Å². The van der Waals surface area contributed by atoms with Gasteiger partial charge in [0.1, 0.15) is 6.07 Å². The molecule has 0 aliphatic rings. The maximum Gasteiger partial charge on any atom is 0.255 e. The summed E-state index contributed by atoms with van der Waals surface area (Å²) >= 11 is 6.00. The quantitative estimate of drug-likeness (QED) is 0.476. The van der Waals surface area contributed by atoms with Crippen LogP contribution in [0.3, 0.4) is 0 Å². The summed E-state index contributed by atoms with van der Waals surface area (Å²) in [4.78, 5) is 12.5. The molecule has 1 aromatic heterocycles. The fourth-order valence-electron chi connectivity index (χ4n) is 2.80. The Labute approximate surface area is 177 Å². The van der Waals surface area contributed by atoms with Gasteiger partial charge in [-0.15, -0.1) is 10.2 Å². The standard InChI is InChI=1S/C23H15ClN4O2/c1-14-2-4-16(5-3-14)22-27-28-23(30-22)17-8-6-15(7-9-17)21(29)26-19-11-10-18(13-25)20(24)12-19/h2-12H,1H3,(H,26,29).